The second-order valence-electron chi connectivity index (χ2n) is 4.77. The van der Waals surface area contributed by atoms with Crippen LogP contribution in [0.2, 0.25) is 0 Å². The Balaban J connectivity index is 2.41. The largest absolute Gasteiger partial charge is 0.342 e. The number of aryl methyl sites for hydroxylation is 2. The lowest BCUT2D eigenvalue weighted by Crippen LogP contribution is -2.12. The van der Waals surface area contributed by atoms with Crippen molar-refractivity contribution in [1.82, 2.24) is 0 Å². The van der Waals surface area contributed by atoms with Gasteiger partial charge in [-0.05, 0) is 43.2 Å². The molecule has 0 aromatic heterocycles. The Hall–Kier alpha value is -1.35. The van der Waals surface area contributed by atoms with Crippen LogP contribution in [0.3, 0.4) is 0 Å². The first kappa shape index (κ1) is 14.1. The first-order chi connectivity index (χ1) is 9.02. The lowest BCUT2D eigenvalue weighted by atomic mass is 10.1. The molecule has 0 atom stereocenters. The van der Waals surface area contributed by atoms with E-state index in [1.165, 1.54) is 5.56 Å². The zero-order valence-electron chi connectivity index (χ0n) is 11.4. The summed E-state index contributed by atoms with van der Waals surface area (Å²) in [5.74, 6) is -0.195. The fourth-order valence-corrected chi connectivity index (χ4v) is 2.57. The molecule has 0 fully saturated rings. The van der Waals surface area contributed by atoms with Gasteiger partial charge in [-0.3, -0.25) is 0 Å². The van der Waals surface area contributed by atoms with E-state index in [0.717, 1.165) is 16.8 Å². The number of nitrogens with zero attached hydrogens (tertiary/aromatic N) is 1. The highest BCUT2D eigenvalue weighted by Gasteiger charge is 2.11. The van der Waals surface area contributed by atoms with Gasteiger partial charge in [0.2, 0.25) is 0 Å². The standard InChI is InChI=1S/C16H17BrFN/c1-11-4-6-15(12(2)8-11)19(3)16-7-5-13(10-17)9-14(16)18/h4-9H,10H2,1-3H3. The van der Waals surface area contributed by atoms with Crippen LogP contribution in [-0.2, 0) is 5.33 Å². The maximum absolute atomic E-state index is 14.1. The van der Waals surface area contributed by atoms with Crippen molar-refractivity contribution in [3.63, 3.8) is 0 Å². The minimum absolute atomic E-state index is 0.195. The molecule has 0 unspecified atom stereocenters. The summed E-state index contributed by atoms with van der Waals surface area (Å²) in [5, 5.41) is 0.664. The lowest BCUT2D eigenvalue weighted by Gasteiger charge is -2.22. The average Bonchev–Trinajstić information content (AvgIpc) is 2.37. The zero-order chi connectivity index (χ0) is 14.0. The quantitative estimate of drug-likeness (QED) is 0.710. The summed E-state index contributed by atoms with van der Waals surface area (Å²) in [6, 6.07) is 11.5. The molecule has 0 aliphatic rings. The Bertz CT molecular complexity index is 595. The molecule has 2 aromatic carbocycles. The molecule has 0 spiro atoms. The first-order valence-electron chi connectivity index (χ1n) is 6.18. The Labute approximate surface area is 122 Å². The zero-order valence-corrected chi connectivity index (χ0v) is 13.0. The van der Waals surface area contributed by atoms with Gasteiger partial charge in [-0.25, -0.2) is 4.39 Å². The number of benzene rings is 2. The summed E-state index contributed by atoms with van der Waals surface area (Å²) in [5.41, 5.74) is 4.92. The summed E-state index contributed by atoms with van der Waals surface area (Å²) in [6.07, 6.45) is 0. The molecule has 19 heavy (non-hydrogen) atoms. The van der Waals surface area contributed by atoms with Crippen LogP contribution in [0.5, 0.6) is 0 Å². The summed E-state index contributed by atoms with van der Waals surface area (Å²) in [6.45, 7) is 4.10. The van der Waals surface area contributed by atoms with E-state index in [2.05, 4.69) is 28.9 Å². The third kappa shape index (κ3) is 2.98. The first-order valence-corrected chi connectivity index (χ1v) is 7.30. The number of hydrogen-bond acceptors (Lipinski definition) is 1. The van der Waals surface area contributed by atoms with Gasteiger partial charge in [0.25, 0.3) is 0 Å². The van der Waals surface area contributed by atoms with Gasteiger partial charge >= 0.3 is 0 Å². The Morgan fingerprint density at radius 2 is 1.74 bits per heavy atom. The number of hydrogen-bond donors (Lipinski definition) is 0. The van der Waals surface area contributed by atoms with Gasteiger partial charge in [-0.15, -0.1) is 0 Å². The molecular weight excluding hydrogens is 305 g/mol. The van der Waals surface area contributed by atoms with Crippen molar-refractivity contribution in [3.05, 3.63) is 58.9 Å². The second kappa shape index (κ2) is 5.74. The average molecular weight is 322 g/mol. The van der Waals surface area contributed by atoms with Crippen LogP contribution in [0.15, 0.2) is 36.4 Å². The normalized spacial score (nSPS) is 10.6. The molecule has 0 N–H and O–H groups in total. The second-order valence-corrected chi connectivity index (χ2v) is 5.33. The van der Waals surface area contributed by atoms with Crippen LogP contribution < -0.4 is 4.90 Å². The van der Waals surface area contributed by atoms with Crippen molar-refractivity contribution in [2.45, 2.75) is 19.2 Å². The number of anilines is 2. The van der Waals surface area contributed by atoms with Crippen molar-refractivity contribution in [1.29, 1.82) is 0 Å². The van der Waals surface area contributed by atoms with Crippen molar-refractivity contribution >= 4 is 27.3 Å². The Morgan fingerprint density at radius 1 is 1.05 bits per heavy atom. The molecule has 0 amide bonds. The molecule has 0 aliphatic carbocycles. The summed E-state index contributed by atoms with van der Waals surface area (Å²) >= 11 is 3.34. The molecule has 1 nitrogen and oxygen atoms in total. The molecule has 0 bridgehead atoms. The van der Waals surface area contributed by atoms with E-state index in [0.29, 0.717) is 11.0 Å². The highest BCUT2D eigenvalue weighted by molar-refractivity contribution is 9.08. The summed E-state index contributed by atoms with van der Waals surface area (Å²) in [7, 11) is 1.89. The van der Waals surface area contributed by atoms with E-state index in [1.54, 1.807) is 6.07 Å². The van der Waals surface area contributed by atoms with E-state index >= 15 is 0 Å². The third-order valence-electron chi connectivity index (χ3n) is 3.24. The van der Waals surface area contributed by atoms with Gasteiger partial charge in [0.1, 0.15) is 5.82 Å². The minimum Gasteiger partial charge on any atom is -0.342 e. The summed E-state index contributed by atoms with van der Waals surface area (Å²) < 4.78 is 14.1. The maximum atomic E-state index is 14.1. The van der Waals surface area contributed by atoms with Crippen LogP contribution in [-0.4, -0.2) is 7.05 Å². The van der Waals surface area contributed by atoms with Crippen LogP contribution in [0.4, 0.5) is 15.8 Å². The third-order valence-corrected chi connectivity index (χ3v) is 3.89. The van der Waals surface area contributed by atoms with Gasteiger partial charge in [0.05, 0.1) is 5.69 Å². The predicted octanol–water partition coefficient (Wildman–Crippen LogP) is 5.11. The number of alkyl halides is 1. The van der Waals surface area contributed by atoms with Gasteiger partial charge in [-0.2, -0.15) is 0 Å². The molecule has 2 rings (SSSR count). The molecule has 0 radical (unpaired) electrons. The summed E-state index contributed by atoms with van der Waals surface area (Å²) in [4.78, 5) is 1.89. The number of halogens is 2. The van der Waals surface area contributed by atoms with Gasteiger partial charge in [0.15, 0.2) is 0 Å². The molecule has 0 heterocycles. The molecule has 100 valence electrons. The van der Waals surface area contributed by atoms with Crippen molar-refractivity contribution in [2.24, 2.45) is 0 Å². The van der Waals surface area contributed by atoms with Crippen LogP contribution in [0.25, 0.3) is 0 Å². The fourth-order valence-electron chi connectivity index (χ4n) is 2.22. The van der Waals surface area contributed by atoms with Crippen LogP contribution in [0, 0.1) is 19.7 Å². The molecule has 2 aromatic rings. The molecule has 0 saturated heterocycles. The van der Waals surface area contributed by atoms with Gasteiger partial charge < -0.3 is 4.90 Å². The smallest absolute Gasteiger partial charge is 0.147 e. The van der Waals surface area contributed by atoms with E-state index in [1.807, 2.05) is 43.1 Å². The predicted molar refractivity (Wildman–Crippen MR) is 83.0 cm³/mol. The molecule has 3 heteroatoms. The highest BCUT2D eigenvalue weighted by atomic mass is 79.9. The van der Waals surface area contributed by atoms with E-state index < -0.39 is 0 Å². The van der Waals surface area contributed by atoms with Crippen molar-refractivity contribution < 1.29 is 4.39 Å². The molecule has 0 saturated carbocycles. The number of rotatable bonds is 3. The lowest BCUT2D eigenvalue weighted by molar-refractivity contribution is 0.626. The Morgan fingerprint density at radius 3 is 2.32 bits per heavy atom. The topological polar surface area (TPSA) is 3.24 Å². The maximum Gasteiger partial charge on any atom is 0.147 e. The van der Waals surface area contributed by atoms with Crippen LogP contribution in [0.1, 0.15) is 16.7 Å². The highest BCUT2D eigenvalue weighted by Crippen LogP contribution is 2.30. The van der Waals surface area contributed by atoms with Crippen molar-refractivity contribution in [2.75, 3.05) is 11.9 Å². The molecule has 0 aliphatic heterocycles. The van der Waals surface area contributed by atoms with Crippen molar-refractivity contribution in [3.8, 4) is 0 Å². The monoisotopic (exact) mass is 321 g/mol. The van der Waals surface area contributed by atoms with Crippen LogP contribution >= 0.6 is 15.9 Å². The van der Waals surface area contributed by atoms with E-state index in [9.17, 15) is 4.39 Å². The molecular formula is C16H17BrFN. The Kier molecular flexibility index (Phi) is 4.25. The van der Waals surface area contributed by atoms with E-state index in [4.69, 9.17) is 0 Å². The van der Waals surface area contributed by atoms with E-state index in [-0.39, 0.29) is 5.82 Å². The van der Waals surface area contributed by atoms with Gasteiger partial charge in [0, 0.05) is 18.1 Å². The fraction of sp³-hybridized carbons (Fsp3) is 0.250. The minimum atomic E-state index is -0.195. The van der Waals surface area contributed by atoms with Gasteiger partial charge in [-0.1, -0.05) is 39.7 Å². The SMILES string of the molecule is Cc1ccc(N(C)c2ccc(CBr)cc2F)c(C)c1.